The largest absolute Gasteiger partial charge is 0.413 e. The molecule has 0 aliphatic heterocycles. The molecule has 0 fully saturated rings. The predicted molar refractivity (Wildman–Crippen MR) is 62.2 cm³/mol. The normalized spacial score (nSPS) is 11.8. The van der Waals surface area contributed by atoms with Crippen molar-refractivity contribution in [2.45, 2.75) is 26.2 Å². The maximum absolute atomic E-state index is 12.9. The Kier molecular flexibility index (Phi) is 3.86. The highest BCUT2D eigenvalue weighted by molar-refractivity contribution is 9.10. The molecule has 0 N–H and O–H groups in total. The second-order valence-corrected chi connectivity index (χ2v) is 9.50. The Hall–Kier alpha value is -0.193. The topological polar surface area (TPSA) is 9.23 Å². The molecule has 1 aromatic carbocycles. The smallest absolute Gasteiger partial charge is 0.184 e. The molecule has 0 saturated carbocycles. The van der Waals surface area contributed by atoms with Gasteiger partial charge in [-0.2, -0.15) is 0 Å². The van der Waals surface area contributed by atoms with Crippen LogP contribution in [-0.2, 0) is 11.0 Å². The Morgan fingerprint density at radius 1 is 1.36 bits per heavy atom. The highest BCUT2D eigenvalue weighted by atomic mass is 79.9. The first-order chi connectivity index (χ1) is 6.38. The summed E-state index contributed by atoms with van der Waals surface area (Å²) in [5, 5.41) is 0. The van der Waals surface area contributed by atoms with Crippen molar-refractivity contribution in [2.75, 3.05) is 0 Å². The average Bonchev–Trinajstić information content (AvgIpc) is 2.05. The maximum atomic E-state index is 12.9. The van der Waals surface area contributed by atoms with Crippen LogP contribution < -0.4 is 0 Å². The van der Waals surface area contributed by atoms with Gasteiger partial charge in [0.1, 0.15) is 5.82 Å². The molecule has 0 aliphatic carbocycles. The third kappa shape index (κ3) is 3.90. The highest BCUT2D eigenvalue weighted by Gasteiger charge is 2.14. The molecule has 0 radical (unpaired) electrons. The van der Waals surface area contributed by atoms with Gasteiger partial charge in [0.15, 0.2) is 8.32 Å². The summed E-state index contributed by atoms with van der Waals surface area (Å²) in [6, 6.07) is 4.64. The number of rotatable bonds is 3. The zero-order valence-electron chi connectivity index (χ0n) is 8.60. The van der Waals surface area contributed by atoms with Gasteiger partial charge in [-0.25, -0.2) is 4.39 Å². The molecule has 0 amide bonds. The van der Waals surface area contributed by atoms with Crippen LogP contribution in [0.2, 0.25) is 19.6 Å². The first kappa shape index (κ1) is 11.9. The van der Waals surface area contributed by atoms with Crippen LogP contribution in [0.3, 0.4) is 0 Å². The predicted octanol–water partition coefficient (Wildman–Crippen LogP) is 3.94. The van der Waals surface area contributed by atoms with Crippen LogP contribution in [0, 0.1) is 5.82 Å². The van der Waals surface area contributed by atoms with E-state index in [1.165, 1.54) is 12.1 Å². The minimum absolute atomic E-state index is 0.220. The number of benzene rings is 1. The lowest BCUT2D eigenvalue weighted by Crippen LogP contribution is -2.24. The Bertz CT molecular complexity index is 322. The van der Waals surface area contributed by atoms with E-state index in [9.17, 15) is 4.39 Å². The fourth-order valence-corrected chi connectivity index (χ4v) is 1.90. The second-order valence-electron chi connectivity index (χ2n) is 4.14. The highest BCUT2D eigenvalue weighted by Crippen LogP contribution is 2.20. The standard InChI is InChI=1S/C10H14BrFOSi/c1-14(2,3)13-7-8-6-9(12)4-5-10(8)11/h4-6H,7H2,1-3H3. The van der Waals surface area contributed by atoms with Gasteiger partial charge in [0.25, 0.3) is 0 Å². The molecule has 1 aromatic rings. The van der Waals surface area contributed by atoms with Gasteiger partial charge in [0.05, 0.1) is 6.61 Å². The summed E-state index contributed by atoms with van der Waals surface area (Å²) in [6.45, 7) is 6.81. The number of halogens is 2. The SMILES string of the molecule is C[Si](C)(C)OCc1cc(F)ccc1Br. The van der Waals surface area contributed by atoms with E-state index in [1.807, 2.05) is 0 Å². The minimum atomic E-state index is -1.52. The van der Waals surface area contributed by atoms with E-state index < -0.39 is 8.32 Å². The molecule has 0 aliphatic rings. The molecule has 1 rings (SSSR count). The monoisotopic (exact) mass is 276 g/mol. The summed E-state index contributed by atoms with van der Waals surface area (Å²) in [6.07, 6.45) is 0. The van der Waals surface area contributed by atoms with Gasteiger partial charge >= 0.3 is 0 Å². The van der Waals surface area contributed by atoms with Crippen molar-refractivity contribution in [3.05, 3.63) is 34.1 Å². The van der Waals surface area contributed by atoms with Crippen LogP contribution >= 0.6 is 15.9 Å². The van der Waals surface area contributed by atoms with Crippen LogP contribution in [0.15, 0.2) is 22.7 Å². The van der Waals surface area contributed by atoms with E-state index in [0.29, 0.717) is 6.61 Å². The lowest BCUT2D eigenvalue weighted by Gasteiger charge is -2.17. The van der Waals surface area contributed by atoms with Crippen LogP contribution in [-0.4, -0.2) is 8.32 Å². The van der Waals surface area contributed by atoms with E-state index in [4.69, 9.17) is 4.43 Å². The van der Waals surface area contributed by atoms with Crippen molar-refractivity contribution in [1.82, 2.24) is 0 Å². The minimum Gasteiger partial charge on any atom is -0.413 e. The van der Waals surface area contributed by atoms with E-state index in [-0.39, 0.29) is 5.82 Å². The number of hydrogen-bond acceptors (Lipinski definition) is 1. The van der Waals surface area contributed by atoms with Crippen molar-refractivity contribution in [3.63, 3.8) is 0 Å². The Labute approximate surface area is 93.5 Å². The molecular formula is C10H14BrFOSi. The van der Waals surface area contributed by atoms with E-state index in [1.54, 1.807) is 6.07 Å². The van der Waals surface area contributed by atoms with Crippen LogP contribution in [0.4, 0.5) is 4.39 Å². The van der Waals surface area contributed by atoms with Gasteiger partial charge in [0.2, 0.25) is 0 Å². The van der Waals surface area contributed by atoms with Crippen molar-refractivity contribution >= 4 is 24.2 Å². The molecule has 0 aromatic heterocycles. The number of hydrogen-bond donors (Lipinski definition) is 0. The van der Waals surface area contributed by atoms with Crippen LogP contribution in [0.25, 0.3) is 0 Å². The Balaban J connectivity index is 2.72. The van der Waals surface area contributed by atoms with Gasteiger partial charge < -0.3 is 4.43 Å². The lowest BCUT2D eigenvalue weighted by molar-refractivity contribution is 0.298. The molecule has 0 saturated heterocycles. The van der Waals surface area contributed by atoms with Crippen LogP contribution in [0.5, 0.6) is 0 Å². The maximum Gasteiger partial charge on any atom is 0.184 e. The first-order valence-corrected chi connectivity index (χ1v) is 8.66. The molecule has 0 spiro atoms. The molecular weight excluding hydrogens is 263 g/mol. The third-order valence-electron chi connectivity index (χ3n) is 1.67. The van der Waals surface area contributed by atoms with Gasteiger partial charge in [-0.3, -0.25) is 0 Å². The summed E-state index contributed by atoms with van der Waals surface area (Å²) in [5.41, 5.74) is 0.868. The summed E-state index contributed by atoms with van der Waals surface area (Å²) in [4.78, 5) is 0. The molecule has 0 bridgehead atoms. The average molecular weight is 277 g/mol. The Morgan fingerprint density at radius 3 is 2.57 bits per heavy atom. The zero-order valence-corrected chi connectivity index (χ0v) is 11.2. The van der Waals surface area contributed by atoms with Crippen molar-refractivity contribution < 1.29 is 8.82 Å². The fourth-order valence-electron chi connectivity index (χ4n) is 0.948. The quantitative estimate of drug-likeness (QED) is 0.760. The molecule has 0 heterocycles. The first-order valence-electron chi connectivity index (χ1n) is 4.46. The molecule has 14 heavy (non-hydrogen) atoms. The molecule has 0 unspecified atom stereocenters. The summed E-state index contributed by atoms with van der Waals surface area (Å²) >= 11 is 3.37. The van der Waals surface area contributed by atoms with Gasteiger partial charge in [0, 0.05) is 4.47 Å². The van der Waals surface area contributed by atoms with Crippen molar-refractivity contribution in [2.24, 2.45) is 0 Å². The molecule has 78 valence electrons. The molecule has 4 heteroatoms. The summed E-state index contributed by atoms with van der Waals surface area (Å²) in [5.74, 6) is -0.220. The third-order valence-corrected chi connectivity index (χ3v) is 3.45. The Morgan fingerprint density at radius 2 is 2.00 bits per heavy atom. The summed E-state index contributed by atoms with van der Waals surface area (Å²) in [7, 11) is -1.52. The summed E-state index contributed by atoms with van der Waals surface area (Å²) < 4.78 is 19.5. The van der Waals surface area contributed by atoms with Gasteiger partial charge in [-0.15, -0.1) is 0 Å². The van der Waals surface area contributed by atoms with Crippen LogP contribution in [0.1, 0.15) is 5.56 Å². The van der Waals surface area contributed by atoms with Crippen molar-refractivity contribution in [3.8, 4) is 0 Å². The molecule has 1 nitrogen and oxygen atoms in total. The zero-order chi connectivity index (χ0) is 10.8. The molecule has 0 atom stereocenters. The van der Waals surface area contributed by atoms with Gasteiger partial charge in [-0.1, -0.05) is 15.9 Å². The van der Waals surface area contributed by atoms with Crippen molar-refractivity contribution in [1.29, 1.82) is 0 Å². The van der Waals surface area contributed by atoms with E-state index in [2.05, 4.69) is 35.6 Å². The second kappa shape index (κ2) is 4.55. The lowest BCUT2D eigenvalue weighted by atomic mass is 10.2. The van der Waals surface area contributed by atoms with E-state index in [0.717, 1.165) is 10.0 Å². The van der Waals surface area contributed by atoms with Gasteiger partial charge in [-0.05, 0) is 43.4 Å². The van der Waals surface area contributed by atoms with E-state index >= 15 is 0 Å². The fraction of sp³-hybridized carbons (Fsp3) is 0.400.